The van der Waals surface area contributed by atoms with Gasteiger partial charge in [0.25, 0.3) is 0 Å². The molecule has 0 bridgehead atoms. The number of anilines is 1. The summed E-state index contributed by atoms with van der Waals surface area (Å²) in [6, 6.07) is 17.4. The lowest BCUT2D eigenvalue weighted by atomic mass is 9.90. The SMILES string of the molecule is COc1ccc(CN2C(=O)C(c3nc4ccccc4n3S(=O)(=O)C(F)(F)F)Cc3cc(Cl)ccc32)cc1. The molecule has 1 unspecified atom stereocenters. The van der Waals surface area contributed by atoms with Crippen LogP contribution in [0.15, 0.2) is 66.7 Å². The van der Waals surface area contributed by atoms with Gasteiger partial charge in [-0.1, -0.05) is 35.9 Å². The number of carbonyl (C=O) groups excluding carboxylic acids is 1. The number of benzene rings is 3. The number of nitrogens with zero attached hydrogens (tertiary/aromatic N) is 3. The number of fused-ring (bicyclic) bond motifs is 2. The summed E-state index contributed by atoms with van der Waals surface area (Å²) in [5.74, 6) is -1.79. The molecule has 0 N–H and O–H groups in total. The molecule has 1 aromatic heterocycles. The molecule has 5 rings (SSSR count). The van der Waals surface area contributed by atoms with Crippen LogP contribution in [0.2, 0.25) is 5.02 Å². The standard InChI is InChI=1S/C25H19ClF3N3O4S/c1-36-18-9-6-15(7-10-18)14-31-21-11-8-17(26)12-16(21)13-19(24(31)33)23-30-20-4-2-3-5-22(20)32(23)37(34,35)25(27,28)29/h2-12,19H,13-14H2,1H3. The lowest BCUT2D eigenvalue weighted by Crippen LogP contribution is -2.42. The summed E-state index contributed by atoms with van der Waals surface area (Å²) in [6.07, 6.45) is -0.0788. The third kappa shape index (κ3) is 4.31. The highest BCUT2D eigenvalue weighted by molar-refractivity contribution is 7.91. The molecule has 1 aliphatic rings. The maximum absolute atomic E-state index is 13.8. The number of para-hydroxylation sites is 2. The number of hydrogen-bond acceptors (Lipinski definition) is 5. The van der Waals surface area contributed by atoms with E-state index in [0.29, 0.717) is 22.0 Å². The third-order valence-electron chi connectivity index (χ3n) is 6.21. The molecule has 192 valence electrons. The molecule has 0 fully saturated rings. The summed E-state index contributed by atoms with van der Waals surface area (Å²) in [5.41, 5.74) is -4.01. The van der Waals surface area contributed by atoms with Gasteiger partial charge in [0.05, 0.1) is 24.7 Å². The van der Waals surface area contributed by atoms with Crippen molar-refractivity contribution < 1.29 is 31.1 Å². The van der Waals surface area contributed by atoms with E-state index in [0.717, 1.165) is 5.56 Å². The second-order valence-corrected chi connectivity index (χ2v) is 10.7. The van der Waals surface area contributed by atoms with Crippen LogP contribution in [0.4, 0.5) is 18.9 Å². The van der Waals surface area contributed by atoms with Gasteiger partial charge in [0.15, 0.2) is 0 Å². The van der Waals surface area contributed by atoms with E-state index >= 15 is 0 Å². The first-order chi connectivity index (χ1) is 17.5. The lowest BCUT2D eigenvalue weighted by molar-refractivity contribution is -0.120. The molecule has 0 spiro atoms. The van der Waals surface area contributed by atoms with Crippen molar-refractivity contribution in [3.8, 4) is 5.75 Å². The summed E-state index contributed by atoms with van der Waals surface area (Å²) in [6.45, 7) is 0.0835. The Balaban J connectivity index is 1.67. The molecule has 0 radical (unpaired) electrons. The highest BCUT2D eigenvalue weighted by Gasteiger charge is 2.50. The van der Waals surface area contributed by atoms with Crippen LogP contribution in [0, 0.1) is 0 Å². The van der Waals surface area contributed by atoms with Crippen molar-refractivity contribution >= 4 is 44.3 Å². The van der Waals surface area contributed by atoms with Crippen LogP contribution >= 0.6 is 11.6 Å². The first kappa shape index (κ1) is 25.1. The van der Waals surface area contributed by atoms with Crippen LogP contribution in [0.5, 0.6) is 5.75 Å². The van der Waals surface area contributed by atoms with Gasteiger partial charge in [-0.25, -0.2) is 8.96 Å². The second-order valence-electron chi connectivity index (χ2n) is 8.48. The van der Waals surface area contributed by atoms with Crippen molar-refractivity contribution in [3.05, 3.63) is 88.7 Å². The molecule has 12 heteroatoms. The topological polar surface area (TPSA) is 81.5 Å². The second kappa shape index (κ2) is 9.07. The maximum Gasteiger partial charge on any atom is 0.517 e. The lowest BCUT2D eigenvalue weighted by Gasteiger charge is -2.34. The van der Waals surface area contributed by atoms with Gasteiger partial charge < -0.3 is 9.64 Å². The van der Waals surface area contributed by atoms with Crippen LogP contribution in [-0.2, 0) is 27.8 Å². The maximum atomic E-state index is 13.8. The fourth-order valence-electron chi connectivity index (χ4n) is 4.47. The first-order valence-electron chi connectivity index (χ1n) is 11.0. The van der Waals surface area contributed by atoms with Crippen molar-refractivity contribution in [1.82, 2.24) is 8.96 Å². The van der Waals surface area contributed by atoms with Crippen molar-refractivity contribution in [3.63, 3.8) is 0 Å². The van der Waals surface area contributed by atoms with Gasteiger partial charge in [-0.2, -0.15) is 21.6 Å². The van der Waals surface area contributed by atoms with Crippen LogP contribution in [0.25, 0.3) is 11.0 Å². The summed E-state index contributed by atoms with van der Waals surface area (Å²) in [7, 11) is -4.37. The monoisotopic (exact) mass is 549 g/mol. The molecular weight excluding hydrogens is 531 g/mol. The minimum atomic E-state index is -5.89. The Kier molecular flexibility index (Phi) is 6.15. The zero-order valence-corrected chi connectivity index (χ0v) is 20.8. The summed E-state index contributed by atoms with van der Waals surface area (Å²) < 4.78 is 71.8. The van der Waals surface area contributed by atoms with Gasteiger partial charge in [0.1, 0.15) is 17.5 Å². The molecule has 1 atom stereocenters. The van der Waals surface area contributed by atoms with Crippen molar-refractivity contribution in [2.75, 3.05) is 12.0 Å². The van der Waals surface area contributed by atoms with Crippen LogP contribution in [-0.4, -0.2) is 35.9 Å². The zero-order valence-electron chi connectivity index (χ0n) is 19.2. The molecule has 1 amide bonds. The van der Waals surface area contributed by atoms with Gasteiger partial charge >= 0.3 is 15.5 Å². The number of ether oxygens (including phenoxy) is 1. The Morgan fingerprint density at radius 1 is 1.08 bits per heavy atom. The minimum Gasteiger partial charge on any atom is -0.497 e. The Morgan fingerprint density at radius 2 is 1.78 bits per heavy atom. The molecule has 0 aliphatic carbocycles. The molecule has 0 saturated heterocycles. The molecule has 4 aromatic rings. The fraction of sp³-hybridized carbons (Fsp3) is 0.200. The molecule has 3 aromatic carbocycles. The van der Waals surface area contributed by atoms with E-state index in [9.17, 15) is 26.4 Å². The summed E-state index contributed by atoms with van der Waals surface area (Å²) >= 11 is 6.19. The van der Waals surface area contributed by atoms with Crippen LogP contribution in [0.1, 0.15) is 22.9 Å². The van der Waals surface area contributed by atoms with E-state index in [4.69, 9.17) is 16.3 Å². The quantitative estimate of drug-likeness (QED) is 0.339. The average Bonchev–Trinajstić information content (AvgIpc) is 3.25. The molecule has 1 aliphatic heterocycles. The number of amides is 1. The smallest absolute Gasteiger partial charge is 0.497 e. The molecule has 7 nitrogen and oxygen atoms in total. The highest BCUT2D eigenvalue weighted by Crippen LogP contribution is 2.40. The van der Waals surface area contributed by atoms with Gasteiger partial charge in [-0.15, -0.1) is 0 Å². The van der Waals surface area contributed by atoms with Crippen molar-refractivity contribution in [2.24, 2.45) is 0 Å². The van der Waals surface area contributed by atoms with Gasteiger partial charge in [-0.3, -0.25) is 4.79 Å². The van der Waals surface area contributed by atoms with E-state index in [-0.39, 0.29) is 28.0 Å². The number of hydrogen-bond donors (Lipinski definition) is 0. The Bertz CT molecular complexity index is 1620. The number of aromatic nitrogens is 2. The highest BCUT2D eigenvalue weighted by atomic mass is 35.5. The van der Waals surface area contributed by atoms with E-state index in [2.05, 4.69) is 4.98 Å². The van der Waals surface area contributed by atoms with Gasteiger partial charge in [-0.05, 0) is 60.0 Å². The van der Waals surface area contributed by atoms with Crippen LogP contribution in [0.3, 0.4) is 0 Å². The fourth-order valence-corrected chi connectivity index (χ4v) is 5.70. The molecule has 2 heterocycles. The first-order valence-corrected chi connectivity index (χ1v) is 12.8. The number of rotatable bonds is 5. The van der Waals surface area contributed by atoms with E-state index < -0.39 is 33.2 Å². The normalized spacial score (nSPS) is 16.2. The van der Waals surface area contributed by atoms with E-state index in [1.807, 2.05) is 0 Å². The number of imidazole rings is 1. The van der Waals surface area contributed by atoms with E-state index in [1.165, 1.54) is 36.3 Å². The Hall–Kier alpha value is -3.57. The largest absolute Gasteiger partial charge is 0.517 e. The Morgan fingerprint density at radius 3 is 2.46 bits per heavy atom. The number of methoxy groups -OCH3 is 1. The molecule has 0 saturated carbocycles. The summed E-state index contributed by atoms with van der Waals surface area (Å²) in [5, 5.41) is 0.368. The predicted octanol–water partition coefficient (Wildman–Crippen LogP) is 5.27. The van der Waals surface area contributed by atoms with Crippen molar-refractivity contribution in [2.45, 2.75) is 24.4 Å². The van der Waals surface area contributed by atoms with E-state index in [1.54, 1.807) is 42.5 Å². The number of halogens is 4. The van der Waals surface area contributed by atoms with Gasteiger partial charge in [0.2, 0.25) is 5.91 Å². The minimum absolute atomic E-state index is 0.0247. The number of carbonyl (C=O) groups is 1. The van der Waals surface area contributed by atoms with Crippen molar-refractivity contribution in [1.29, 1.82) is 0 Å². The summed E-state index contributed by atoms with van der Waals surface area (Å²) in [4.78, 5) is 19.5. The average molecular weight is 550 g/mol. The van der Waals surface area contributed by atoms with Gasteiger partial charge in [0, 0.05) is 10.7 Å². The molecule has 37 heavy (non-hydrogen) atoms. The number of alkyl halides is 3. The predicted molar refractivity (Wildman–Crippen MR) is 132 cm³/mol. The Labute approximate surface area is 215 Å². The zero-order chi connectivity index (χ0) is 26.5. The molecular formula is C25H19ClF3N3O4S. The third-order valence-corrected chi connectivity index (χ3v) is 7.89. The van der Waals surface area contributed by atoms with Crippen LogP contribution < -0.4 is 9.64 Å².